The summed E-state index contributed by atoms with van der Waals surface area (Å²) in [4.78, 5) is 51.9. The topological polar surface area (TPSA) is 202 Å². The van der Waals surface area contributed by atoms with E-state index in [-0.39, 0.29) is 24.8 Å². The fourth-order valence-corrected chi connectivity index (χ4v) is 5.88. The molecule has 1 aromatic carbocycles. The van der Waals surface area contributed by atoms with Crippen LogP contribution in [0.15, 0.2) is 29.4 Å². The lowest BCUT2D eigenvalue weighted by Gasteiger charge is -2.28. The maximum Gasteiger partial charge on any atom is 0.407 e. The molecule has 47 heavy (non-hydrogen) atoms. The lowest BCUT2D eigenvalue weighted by molar-refractivity contribution is -0.139. The quantitative estimate of drug-likeness (QED) is 0.0534. The molecule has 2 fully saturated rings. The Balaban J connectivity index is 1.39. The molecule has 4 atom stereocenters. The summed E-state index contributed by atoms with van der Waals surface area (Å²) in [5.74, 6) is 1.95. The predicted octanol–water partition coefficient (Wildman–Crippen LogP) is 1.81. The number of aryl methyl sites for hydroxylation is 1. The summed E-state index contributed by atoms with van der Waals surface area (Å²) < 4.78 is 46.5. The Hall–Kier alpha value is -4.12. The highest BCUT2D eigenvalue weighted by molar-refractivity contribution is 7.84. The Morgan fingerprint density at radius 3 is 2.64 bits per heavy atom. The fraction of sp³-hybridized carbons (Fsp3) is 0.567. The molecule has 7 N–H and O–H groups in total. The van der Waals surface area contributed by atoms with E-state index in [9.17, 15) is 32.2 Å². The van der Waals surface area contributed by atoms with Crippen LogP contribution in [0.1, 0.15) is 63.0 Å². The minimum Gasteiger partial charge on any atom is -0.450 e. The second kappa shape index (κ2) is 18.3. The number of benzene rings is 1. The Kier molecular flexibility index (Phi) is 14.5. The largest absolute Gasteiger partial charge is 0.450 e. The molecule has 1 saturated heterocycles. The first-order valence-electron chi connectivity index (χ1n) is 15.5. The molecule has 0 bridgehead atoms. The molecule has 1 aromatic rings. The lowest BCUT2D eigenvalue weighted by atomic mass is 10.0. The molecule has 1 aliphatic carbocycles. The van der Waals surface area contributed by atoms with Crippen LogP contribution in [0.4, 0.5) is 19.3 Å². The van der Waals surface area contributed by atoms with Crippen LogP contribution in [0, 0.1) is 12.8 Å². The molecule has 0 aromatic heterocycles. The van der Waals surface area contributed by atoms with E-state index < -0.39 is 65.8 Å². The third kappa shape index (κ3) is 11.6. The Morgan fingerprint density at radius 1 is 1.21 bits per heavy atom. The molecule has 0 spiro atoms. The van der Waals surface area contributed by atoms with Crippen molar-refractivity contribution in [2.45, 2.75) is 82.6 Å². The molecule has 1 aliphatic heterocycles. The van der Waals surface area contributed by atoms with E-state index in [1.165, 1.54) is 10.0 Å². The van der Waals surface area contributed by atoms with Crippen molar-refractivity contribution < 1.29 is 36.9 Å². The van der Waals surface area contributed by atoms with Crippen LogP contribution in [0.3, 0.4) is 0 Å². The molecule has 0 radical (unpaired) electrons. The van der Waals surface area contributed by atoms with E-state index in [0.29, 0.717) is 31.4 Å². The standard InChI is InChI=1S/C30H44F2N8O6S/c1-19-10-11-22(40(34)36-18-33)16-21(19)8-5-3-4-6-15-46-30(44)35-17-25(41)39-14-7-9-24(39)28(42)37-26(20(2)27(31)32)29(43)38-47(45)23-12-13-23/h5,8,10-11,16,18,20,23-24,26-27H,3-4,6-7,9,12-15,17,34H2,1-2H3,(H2,33,36)(H,35,44)(H,37,42)(H,38,43)/b8-5+. The summed E-state index contributed by atoms with van der Waals surface area (Å²) in [5, 5.41) is 9.48. The number of hydrogen-bond donors (Lipinski definition) is 5. The Morgan fingerprint density at radius 2 is 1.96 bits per heavy atom. The van der Waals surface area contributed by atoms with E-state index in [0.717, 1.165) is 37.2 Å². The van der Waals surface area contributed by atoms with Gasteiger partial charge in [-0.15, -0.1) is 5.10 Å². The number of hydrazone groups is 1. The number of carbonyl (C=O) groups excluding carboxylic acids is 4. The molecule has 2 aliphatic rings. The lowest BCUT2D eigenvalue weighted by Crippen LogP contribution is -2.57. The summed E-state index contributed by atoms with van der Waals surface area (Å²) in [6, 6.07) is 2.98. The number of nitrogens with one attached hydrogen (secondary N) is 3. The van der Waals surface area contributed by atoms with Crippen LogP contribution in [-0.4, -0.2) is 82.7 Å². The van der Waals surface area contributed by atoms with Gasteiger partial charge in [-0.1, -0.05) is 25.1 Å². The average Bonchev–Trinajstić information content (AvgIpc) is 3.78. The van der Waals surface area contributed by atoms with Crippen molar-refractivity contribution >= 4 is 52.9 Å². The number of unbranched alkanes of at least 4 members (excludes halogenated alkanes) is 2. The number of carbonyl (C=O) groups is 4. The van der Waals surface area contributed by atoms with Crippen molar-refractivity contribution in [1.82, 2.24) is 20.3 Å². The van der Waals surface area contributed by atoms with Crippen molar-refractivity contribution in [3.8, 4) is 0 Å². The minimum absolute atomic E-state index is 0.133. The SMILES string of the molecule is Cc1ccc(N(N)/N=C\N)cc1/C=C/CCCCOC(=O)NCC(=O)N1CCCC1C(=O)NC(C(=O)NS(=O)C1CC1)C(C)C(F)F. The van der Waals surface area contributed by atoms with Gasteiger partial charge in [0.15, 0.2) is 0 Å². The number of hydrazine groups is 1. The molecule has 4 amide bonds. The van der Waals surface area contributed by atoms with E-state index in [1.54, 1.807) is 0 Å². The monoisotopic (exact) mass is 682 g/mol. The van der Waals surface area contributed by atoms with Crippen LogP contribution in [0.5, 0.6) is 0 Å². The summed E-state index contributed by atoms with van der Waals surface area (Å²) in [6.07, 6.45) is 5.44. The van der Waals surface area contributed by atoms with Crippen LogP contribution < -0.4 is 32.0 Å². The number of ether oxygens (including phenoxy) is 1. The van der Waals surface area contributed by atoms with Crippen LogP contribution in [-0.2, 0) is 30.1 Å². The van der Waals surface area contributed by atoms with Gasteiger partial charge < -0.3 is 26.0 Å². The molecule has 17 heteroatoms. The average molecular weight is 683 g/mol. The summed E-state index contributed by atoms with van der Waals surface area (Å²) >= 11 is 0. The number of anilines is 1. The van der Waals surface area contributed by atoms with Crippen LogP contribution >= 0.6 is 0 Å². The first-order valence-corrected chi connectivity index (χ1v) is 16.7. The van der Waals surface area contributed by atoms with Gasteiger partial charge in [0, 0.05) is 12.5 Å². The number of halogens is 2. The summed E-state index contributed by atoms with van der Waals surface area (Å²) in [7, 11) is -1.72. The number of alkyl halides is 2. The molecular formula is C30H44F2N8O6S. The molecule has 4 unspecified atom stereocenters. The van der Waals surface area contributed by atoms with E-state index in [1.807, 2.05) is 37.3 Å². The van der Waals surface area contributed by atoms with Crippen molar-refractivity contribution in [2.24, 2.45) is 22.6 Å². The number of hydrogen-bond acceptors (Lipinski definition) is 9. The number of amides is 4. The second-order valence-electron chi connectivity index (χ2n) is 11.4. The van der Waals surface area contributed by atoms with Gasteiger partial charge in [-0.25, -0.2) is 23.6 Å². The first-order chi connectivity index (χ1) is 22.4. The zero-order valence-electron chi connectivity index (χ0n) is 26.5. The van der Waals surface area contributed by atoms with Gasteiger partial charge in [-0.3, -0.25) is 19.1 Å². The normalized spacial score (nSPS) is 18.3. The smallest absolute Gasteiger partial charge is 0.407 e. The summed E-state index contributed by atoms with van der Waals surface area (Å²) in [5.41, 5.74) is 7.99. The molecule has 14 nitrogen and oxygen atoms in total. The highest BCUT2D eigenvalue weighted by atomic mass is 32.2. The highest BCUT2D eigenvalue weighted by Crippen LogP contribution is 2.25. The number of nitrogens with zero attached hydrogens (tertiary/aromatic N) is 3. The molecule has 1 saturated carbocycles. The molecule has 260 valence electrons. The van der Waals surface area contributed by atoms with Crippen molar-refractivity contribution in [3.05, 3.63) is 35.4 Å². The maximum atomic E-state index is 13.5. The number of rotatable bonds is 17. The Bertz CT molecular complexity index is 1350. The molecule has 3 rings (SSSR count). The van der Waals surface area contributed by atoms with Gasteiger partial charge in [0.2, 0.25) is 18.2 Å². The third-order valence-corrected chi connectivity index (χ3v) is 9.28. The zero-order valence-corrected chi connectivity index (χ0v) is 27.3. The van der Waals surface area contributed by atoms with Crippen molar-refractivity contribution in [1.29, 1.82) is 0 Å². The van der Waals surface area contributed by atoms with E-state index in [2.05, 4.69) is 20.5 Å². The van der Waals surface area contributed by atoms with Gasteiger partial charge in [0.25, 0.3) is 5.91 Å². The van der Waals surface area contributed by atoms with Gasteiger partial charge in [0.1, 0.15) is 36.0 Å². The zero-order chi connectivity index (χ0) is 34.5. The van der Waals surface area contributed by atoms with Crippen molar-refractivity contribution in [3.63, 3.8) is 0 Å². The van der Waals surface area contributed by atoms with Gasteiger partial charge in [0.05, 0.1) is 17.5 Å². The van der Waals surface area contributed by atoms with Gasteiger partial charge in [-0.05, 0) is 75.1 Å². The third-order valence-electron chi connectivity index (χ3n) is 7.81. The Labute approximate surface area is 275 Å². The number of likely N-dealkylation sites (tertiary alicyclic amines) is 1. The highest BCUT2D eigenvalue weighted by Gasteiger charge is 2.40. The van der Waals surface area contributed by atoms with E-state index >= 15 is 0 Å². The second-order valence-corrected chi connectivity index (χ2v) is 12.9. The van der Waals surface area contributed by atoms with Crippen LogP contribution in [0.2, 0.25) is 0 Å². The summed E-state index contributed by atoms with van der Waals surface area (Å²) in [6.45, 7) is 2.99. The van der Waals surface area contributed by atoms with Crippen LogP contribution in [0.25, 0.3) is 6.08 Å². The molecular weight excluding hydrogens is 638 g/mol. The number of alkyl carbamates (subject to hydrolysis) is 1. The number of nitrogens with two attached hydrogens (primary N) is 2. The van der Waals surface area contributed by atoms with Crippen molar-refractivity contribution in [2.75, 3.05) is 24.8 Å². The molecule has 1 heterocycles. The maximum absolute atomic E-state index is 13.5. The first kappa shape index (κ1) is 37.3. The fourth-order valence-electron chi connectivity index (χ4n) is 4.82. The number of allylic oxidation sites excluding steroid dienone is 1. The van der Waals surface area contributed by atoms with E-state index in [4.69, 9.17) is 16.3 Å². The predicted molar refractivity (Wildman–Crippen MR) is 174 cm³/mol. The van der Waals surface area contributed by atoms with Gasteiger partial charge in [-0.2, -0.15) is 5.12 Å². The minimum atomic E-state index is -2.93. The van der Waals surface area contributed by atoms with Gasteiger partial charge >= 0.3 is 6.09 Å².